The topological polar surface area (TPSA) is 90.6 Å². The first kappa shape index (κ1) is 16.4. The second kappa shape index (κ2) is 6.67. The summed E-state index contributed by atoms with van der Waals surface area (Å²) in [6.45, 7) is 4.36. The predicted octanol–water partition coefficient (Wildman–Crippen LogP) is -0.136. The first-order chi connectivity index (χ1) is 9.34. The molecule has 8 heteroatoms. The highest BCUT2D eigenvalue weighted by Gasteiger charge is 2.26. The van der Waals surface area contributed by atoms with Crippen molar-refractivity contribution in [2.45, 2.75) is 18.7 Å². The highest BCUT2D eigenvalue weighted by atomic mass is 32.2. The van der Waals surface area contributed by atoms with Gasteiger partial charge in [-0.1, -0.05) is 0 Å². The van der Waals surface area contributed by atoms with E-state index in [0.29, 0.717) is 13.1 Å². The summed E-state index contributed by atoms with van der Waals surface area (Å²) in [7, 11) is -2.69. The molecule has 0 unspecified atom stereocenters. The van der Waals surface area contributed by atoms with Crippen LogP contribution in [-0.2, 0) is 14.8 Å². The van der Waals surface area contributed by atoms with Crippen LogP contribution >= 0.6 is 0 Å². The fourth-order valence-corrected chi connectivity index (χ4v) is 2.88. The average molecular weight is 301 g/mol. The number of rotatable bonds is 6. The first-order valence-corrected chi connectivity index (χ1v) is 7.69. The van der Waals surface area contributed by atoms with Crippen molar-refractivity contribution in [2.24, 2.45) is 0 Å². The van der Waals surface area contributed by atoms with Crippen molar-refractivity contribution in [3.8, 4) is 0 Å². The smallest absolute Gasteiger partial charge is 0.248 e. The molecule has 1 amide bonds. The van der Waals surface area contributed by atoms with E-state index in [1.54, 1.807) is 0 Å². The van der Waals surface area contributed by atoms with Gasteiger partial charge in [-0.15, -0.1) is 0 Å². The molecule has 112 valence electrons. The highest BCUT2D eigenvalue weighted by Crippen LogP contribution is 2.08. The molecule has 0 spiro atoms. The van der Waals surface area contributed by atoms with Crippen LogP contribution in [0.3, 0.4) is 0 Å². The van der Waals surface area contributed by atoms with E-state index in [1.807, 2.05) is 13.8 Å². The van der Waals surface area contributed by atoms with Crippen molar-refractivity contribution >= 4 is 15.9 Å². The third kappa shape index (κ3) is 3.45. The van der Waals surface area contributed by atoms with E-state index < -0.39 is 15.5 Å². The highest BCUT2D eigenvalue weighted by molar-refractivity contribution is 7.89. The van der Waals surface area contributed by atoms with Crippen molar-refractivity contribution in [2.75, 3.05) is 26.7 Å². The van der Waals surface area contributed by atoms with Gasteiger partial charge in [0, 0.05) is 38.6 Å². The standard InChI is InChI=1S/C12H19N3O4S/c1-4-15(5-2)12(17)9-14(3)20(18,19)11-8-13-7-6-10(11)16/h6-8H,4-5,9H2,1-3H3,(H,13,16). The van der Waals surface area contributed by atoms with Gasteiger partial charge >= 0.3 is 0 Å². The van der Waals surface area contributed by atoms with Crippen LogP contribution in [0.5, 0.6) is 0 Å². The fourth-order valence-electron chi connectivity index (χ4n) is 1.72. The molecule has 0 saturated heterocycles. The molecule has 1 N–H and O–H groups in total. The van der Waals surface area contributed by atoms with Gasteiger partial charge in [0.1, 0.15) is 4.90 Å². The lowest BCUT2D eigenvalue weighted by atomic mass is 10.4. The number of aromatic nitrogens is 1. The number of hydrogen-bond donors (Lipinski definition) is 1. The van der Waals surface area contributed by atoms with Crippen LogP contribution in [0.2, 0.25) is 0 Å². The van der Waals surface area contributed by atoms with Gasteiger partial charge in [-0.05, 0) is 13.8 Å². The van der Waals surface area contributed by atoms with Crippen LogP contribution in [0.4, 0.5) is 0 Å². The lowest BCUT2D eigenvalue weighted by Gasteiger charge is -2.22. The Bertz CT molecular complexity index is 620. The quantitative estimate of drug-likeness (QED) is 0.792. The molecular weight excluding hydrogens is 282 g/mol. The fraction of sp³-hybridized carbons (Fsp3) is 0.500. The van der Waals surface area contributed by atoms with E-state index in [0.717, 1.165) is 16.6 Å². The predicted molar refractivity (Wildman–Crippen MR) is 74.8 cm³/mol. The van der Waals surface area contributed by atoms with E-state index in [9.17, 15) is 18.0 Å². The maximum atomic E-state index is 12.2. The molecule has 1 rings (SSSR count). The molecule has 20 heavy (non-hydrogen) atoms. The van der Waals surface area contributed by atoms with Crippen molar-refractivity contribution in [3.05, 3.63) is 28.7 Å². The lowest BCUT2D eigenvalue weighted by Crippen LogP contribution is -2.41. The Kier molecular flexibility index (Phi) is 5.46. The summed E-state index contributed by atoms with van der Waals surface area (Å²) >= 11 is 0. The third-order valence-corrected chi connectivity index (χ3v) is 4.78. The molecule has 0 aliphatic heterocycles. The number of amides is 1. The van der Waals surface area contributed by atoms with Gasteiger partial charge in [0.2, 0.25) is 21.4 Å². The zero-order chi connectivity index (χ0) is 15.3. The molecule has 7 nitrogen and oxygen atoms in total. The normalized spacial score (nSPS) is 11.6. The summed E-state index contributed by atoms with van der Waals surface area (Å²) in [5, 5.41) is 0. The number of likely N-dealkylation sites (N-methyl/N-ethyl adjacent to an activating group) is 2. The number of H-pyrrole nitrogens is 1. The summed E-state index contributed by atoms with van der Waals surface area (Å²) in [6, 6.07) is 1.13. The molecule has 0 aliphatic rings. The number of sulfonamides is 1. The average Bonchev–Trinajstić information content (AvgIpc) is 2.40. The van der Waals surface area contributed by atoms with Crippen molar-refractivity contribution in [1.82, 2.24) is 14.2 Å². The molecule has 1 aromatic heterocycles. The summed E-state index contributed by atoms with van der Waals surface area (Å²) in [5.74, 6) is -0.298. The Morgan fingerprint density at radius 1 is 1.30 bits per heavy atom. The van der Waals surface area contributed by atoms with Gasteiger partial charge in [-0.2, -0.15) is 4.31 Å². The summed E-state index contributed by atoms with van der Waals surface area (Å²) < 4.78 is 25.3. The van der Waals surface area contributed by atoms with Crippen LogP contribution in [0.25, 0.3) is 0 Å². The first-order valence-electron chi connectivity index (χ1n) is 6.25. The Labute approximate surface area is 118 Å². The Hall–Kier alpha value is -1.67. The van der Waals surface area contributed by atoms with Gasteiger partial charge in [-0.25, -0.2) is 8.42 Å². The lowest BCUT2D eigenvalue weighted by molar-refractivity contribution is -0.130. The Morgan fingerprint density at radius 3 is 2.40 bits per heavy atom. The summed E-state index contributed by atoms with van der Waals surface area (Å²) in [5.41, 5.74) is -0.606. The molecule has 0 radical (unpaired) electrons. The molecule has 0 fully saturated rings. The molecule has 0 bridgehead atoms. The van der Waals surface area contributed by atoms with Crippen LogP contribution in [0, 0.1) is 0 Å². The van der Waals surface area contributed by atoms with Crippen molar-refractivity contribution in [3.63, 3.8) is 0 Å². The van der Waals surface area contributed by atoms with Crippen LogP contribution in [-0.4, -0.2) is 55.2 Å². The monoisotopic (exact) mass is 301 g/mol. The summed E-state index contributed by atoms with van der Waals surface area (Å²) in [6.07, 6.45) is 2.47. The largest absolute Gasteiger partial charge is 0.366 e. The number of nitrogens with one attached hydrogen (secondary N) is 1. The number of carbonyl (C=O) groups excluding carboxylic acids is 1. The van der Waals surface area contributed by atoms with Crippen LogP contribution in [0.15, 0.2) is 28.2 Å². The molecule has 1 aromatic rings. The van der Waals surface area contributed by atoms with Gasteiger partial charge in [0.15, 0.2) is 0 Å². The van der Waals surface area contributed by atoms with E-state index in [1.165, 1.54) is 18.1 Å². The Morgan fingerprint density at radius 2 is 1.90 bits per heavy atom. The van der Waals surface area contributed by atoms with Crippen molar-refractivity contribution in [1.29, 1.82) is 0 Å². The van der Waals surface area contributed by atoms with Crippen LogP contribution in [0.1, 0.15) is 13.8 Å². The van der Waals surface area contributed by atoms with Gasteiger partial charge in [-0.3, -0.25) is 9.59 Å². The molecule has 0 aliphatic carbocycles. The second-order valence-corrected chi connectivity index (χ2v) is 6.21. The number of pyridine rings is 1. The number of carbonyl (C=O) groups is 1. The van der Waals surface area contributed by atoms with E-state index in [2.05, 4.69) is 4.98 Å². The summed E-state index contributed by atoms with van der Waals surface area (Å²) in [4.78, 5) is 27.2. The molecular formula is C12H19N3O4S. The SMILES string of the molecule is CCN(CC)C(=O)CN(C)S(=O)(=O)c1c[nH]ccc1=O. The van der Waals surface area contributed by atoms with Gasteiger partial charge in [0.05, 0.1) is 6.54 Å². The van der Waals surface area contributed by atoms with E-state index in [4.69, 9.17) is 0 Å². The minimum atomic E-state index is -3.97. The molecule has 0 aromatic carbocycles. The molecule has 0 saturated carbocycles. The van der Waals surface area contributed by atoms with Gasteiger partial charge < -0.3 is 9.88 Å². The third-order valence-electron chi connectivity index (χ3n) is 2.95. The number of aromatic amines is 1. The van der Waals surface area contributed by atoms with E-state index >= 15 is 0 Å². The number of hydrogen-bond acceptors (Lipinski definition) is 4. The molecule has 0 atom stereocenters. The maximum Gasteiger partial charge on any atom is 0.248 e. The van der Waals surface area contributed by atoms with E-state index in [-0.39, 0.29) is 17.3 Å². The second-order valence-electron chi connectivity index (χ2n) is 4.20. The molecule has 1 heterocycles. The Balaban J connectivity index is 2.97. The maximum absolute atomic E-state index is 12.2. The van der Waals surface area contributed by atoms with Crippen LogP contribution < -0.4 is 5.43 Å². The minimum absolute atomic E-state index is 0.293. The zero-order valence-corrected chi connectivity index (χ0v) is 12.6. The zero-order valence-electron chi connectivity index (χ0n) is 11.8. The van der Waals surface area contributed by atoms with Crippen molar-refractivity contribution < 1.29 is 13.2 Å². The van der Waals surface area contributed by atoms with Gasteiger partial charge in [0.25, 0.3) is 0 Å². The number of nitrogens with zero attached hydrogens (tertiary/aromatic N) is 2. The minimum Gasteiger partial charge on any atom is -0.366 e.